The van der Waals surface area contributed by atoms with Crippen LogP contribution in [-0.4, -0.2) is 25.0 Å². The Kier molecular flexibility index (Phi) is 7.70. The number of carbonyl (C=O) groups excluding carboxylic acids is 3. The van der Waals surface area contributed by atoms with Crippen molar-refractivity contribution in [3.8, 4) is 5.75 Å². The predicted molar refractivity (Wildman–Crippen MR) is 80.4 cm³/mol. The quantitative estimate of drug-likeness (QED) is 0.491. The smallest absolute Gasteiger partial charge is 0.119 e. The summed E-state index contributed by atoms with van der Waals surface area (Å²) >= 11 is 3.32. The molecule has 1 aromatic carbocycles. The maximum absolute atomic E-state index is 11.1. The van der Waals surface area contributed by atoms with Gasteiger partial charge in [0.25, 0.3) is 0 Å². The number of benzene rings is 1. The molecule has 24 heavy (non-hydrogen) atoms. The van der Waals surface area contributed by atoms with E-state index in [4.69, 9.17) is 4.74 Å². The highest BCUT2D eigenvalue weighted by atomic mass is 79.9. The van der Waals surface area contributed by atoms with Crippen LogP contribution in [0.5, 0.6) is 5.75 Å². The second-order valence-corrected chi connectivity index (χ2v) is 6.27. The molecule has 0 saturated heterocycles. The molecule has 132 valence electrons. The van der Waals surface area contributed by atoms with E-state index in [-0.39, 0.29) is 12.8 Å². The lowest BCUT2D eigenvalue weighted by atomic mass is 9.83. The van der Waals surface area contributed by atoms with E-state index >= 15 is 0 Å². The molecule has 0 aliphatic rings. The summed E-state index contributed by atoms with van der Waals surface area (Å²) in [4.78, 5) is 32.7. The molecule has 8 heteroatoms. The molecule has 1 atom stereocenters. The molecule has 0 spiro atoms. The molecule has 1 aromatic rings. The summed E-state index contributed by atoms with van der Waals surface area (Å²) in [6.45, 7) is 0. The number of aliphatic carboxylic acids is 3. The SMILES string of the molecule is COc1ccc(Br)c([C@@H](CC(=O)[O-])CC(CC(=O)[O-])CC(=O)[O-])c1. The zero-order chi connectivity index (χ0) is 18.3. The Labute approximate surface area is 147 Å². The van der Waals surface area contributed by atoms with E-state index in [1.54, 1.807) is 18.2 Å². The summed E-state index contributed by atoms with van der Waals surface area (Å²) in [6.07, 6.45) is -1.37. The number of hydrogen-bond donors (Lipinski definition) is 0. The first kappa shape index (κ1) is 20.0. The minimum atomic E-state index is -1.40. The fourth-order valence-electron chi connectivity index (χ4n) is 2.60. The zero-order valence-corrected chi connectivity index (χ0v) is 14.5. The Morgan fingerprint density at radius 3 is 2.04 bits per heavy atom. The first-order chi connectivity index (χ1) is 11.2. The van der Waals surface area contributed by atoms with Crippen molar-refractivity contribution in [1.29, 1.82) is 0 Å². The van der Waals surface area contributed by atoms with Crippen LogP contribution in [0.25, 0.3) is 0 Å². The van der Waals surface area contributed by atoms with Crippen molar-refractivity contribution in [2.24, 2.45) is 5.92 Å². The average molecular weight is 400 g/mol. The maximum Gasteiger partial charge on any atom is 0.119 e. The van der Waals surface area contributed by atoms with Gasteiger partial charge in [0.1, 0.15) is 5.75 Å². The van der Waals surface area contributed by atoms with Crippen molar-refractivity contribution in [3.63, 3.8) is 0 Å². The van der Waals surface area contributed by atoms with Gasteiger partial charge in [-0.1, -0.05) is 15.9 Å². The van der Waals surface area contributed by atoms with Gasteiger partial charge in [-0.25, -0.2) is 0 Å². The third-order valence-electron chi connectivity index (χ3n) is 3.58. The number of methoxy groups -OCH3 is 1. The van der Waals surface area contributed by atoms with Crippen LogP contribution in [0.15, 0.2) is 22.7 Å². The Hall–Kier alpha value is -2.09. The van der Waals surface area contributed by atoms with Crippen molar-refractivity contribution in [2.45, 2.75) is 31.6 Å². The Morgan fingerprint density at radius 2 is 1.58 bits per heavy atom. The number of carboxylic acid groups (broad SMARTS) is 3. The molecule has 0 unspecified atom stereocenters. The highest BCUT2D eigenvalue weighted by molar-refractivity contribution is 9.10. The van der Waals surface area contributed by atoms with Crippen molar-refractivity contribution in [3.05, 3.63) is 28.2 Å². The van der Waals surface area contributed by atoms with E-state index in [2.05, 4.69) is 15.9 Å². The standard InChI is InChI=1S/C16H19BrO7/c1-24-11-2-3-13(17)12(8-11)10(7-16(22)23)4-9(5-14(18)19)6-15(20)21/h2-3,8-10H,4-7H2,1H3,(H,18,19)(H,20,21)(H,22,23)/p-3/t10-/m1/s1. The maximum atomic E-state index is 11.1. The van der Waals surface area contributed by atoms with Gasteiger partial charge in [0.15, 0.2) is 0 Å². The van der Waals surface area contributed by atoms with E-state index < -0.39 is 42.6 Å². The molecule has 1 rings (SSSR count). The van der Waals surface area contributed by atoms with Crippen molar-refractivity contribution < 1.29 is 34.4 Å². The number of carbonyl (C=O) groups is 3. The summed E-state index contributed by atoms with van der Waals surface area (Å²) in [7, 11) is 1.45. The van der Waals surface area contributed by atoms with Gasteiger partial charge < -0.3 is 34.4 Å². The lowest BCUT2D eigenvalue weighted by Crippen LogP contribution is -2.32. The van der Waals surface area contributed by atoms with Gasteiger partial charge in [0.05, 0.1) is 7.11 Å². The zero-order valence-electron chi connectivity index (χ0n) is 13.0. The molecular formula is C16H16BrO7-3. The average Bonchev–Trinajstić information content (AvgIpc) is 2.45. The lowest BCUT2D eigenvalue weighted by Gasteiger charge is -2.26. The third-order valence-corrected chi connectivity index (χ3v) is 4.31. The first-order valence-corrected chi connectivity index (χ1v) is 7.95. The van der Waals surface area contributed by atoms with Gasteiger partial charge in [0, 0.05) is 22.4 Å². The number of hydrogen-bond acceptors (Lipinski definition) is 7. The van der Waals surface area contributed by atoms with Gasteiger partial charge in [-0.3, -0.25) is 0 Å². The first-order valence-electron chi connectivity index (χ1n) is 7.15. The van der Waals surface area contributed by atoms with E-state index in [1.807, 2.05) is 0 Å². The highest BCUT2D eigenvalue weighted by Crippen LogP contribution is 2.36. The number of ether oxygens (including phenoxy) is 1. The summed E-state index contributed by atoms with van der Waals surface area (Å²) in [5.74, 6) is -5.11. The van der Waals surface area contributed by atoms with Gasteiger partial charge in [-0.2, -0.15) is 0 Å². The molecule has 0 aliphatic heterocycles. The molecule has 0 bridgehead atoms. The van der Waals surface area contributed by atoms with E-state index in [0.29, 0.717) is 15.8 Å². The molecular weight excluding hydrogens is 384 g/mol. The number of halogens is 1. The van der Waals surface area contributed by atoms with Crippen molar-refractivity contribution in [2.75, 3.05) is 7.11 Å². The summed E-state index contributed by atoms with van der Waals surface area (Å²) in [5.41, 5.74) is 0.570. The van der Waals surface area contributed by atoms with Crippen LogP contribution < -0.4 is 20.1 Å². The Morgan fingerprint density at radius 1 is 1.04 bits per heavy atom. The fraction of sp³-hybridized carbons (Fsp3) is 0.438. The second-order valence-electron chi connectivity index (χ2n) is 5.41. The normalized spacial score (nSPS) is 12.0. The lowest BCUT2D eigenvalue weighted by molar-refractivity contribution is -0.310. The molecule has 0 radical (unpaired) electrons. The molecule has 7 nitrogen and oxygen atoms in total. The van der Waals surface area contributed by atoms with Gasteiger partial charge in [-0.05, 0) is 61.3 Å². The van der Waals surface area contributed by atoms with E-state index in [1.165, 1.54) is 7.11 Å². The molecule has 0 aliphatic carbocycles. The van der Waals surface area contributed by atoms with Gasteiger partial charge in [-0.15, -0.1) is 0 Å². The third kappa shape index (κ3) is 6.57. The number of rotatable bonds is 10. The molecule has 0 aromatic heterocycles. The minimum Gasteiger partial charge on any atom is -0.550 e. The molecule has 0 amide bonds. The molecule has 0 fully saturated rings. The van der Waals surface area contributed by atoms with Crippen LogP contribution in [0.4, 0.5) is 0 Å². The monoisotopic (exact) mass is 399 g/mol. The largest absolute Gasteiger partial charge is 0.550 e. The van der Waals surface area contributed by atoms with E-state index in [0.717, 1.165) is 0 Å². The molecule has 0 heterocycles. The van der Waals surface area contributed by atoms with Crippen LogP contribution in [0, 0.1) is 5.92 Å². The fourth-order valence-corrected chi connectivity index (χ4v) is 3.17. The Balaban J connectivity index is 3.12. The summed E-state index contributed by atoms with van der Waals surface area (Å²) in [5, 5.41) is 32.7. The van der Waals surface area contributed by atoms with Crippen LogP contribution >= 0.6 is 15.9 Å². The van der Waals surface area contributed by atoms with Crippen LogP contribution in [0.2, 0.25) is 0 Å². The topological polar surface area (TPSA) is 130 Å². The predicted octanol–water partition coefficient (Wildman–Crippen LogP) is -1.03. The number of carboxylic acids is 3. The van der Waals surface area contributed by atoms with Gasteiger partial charge >= 0.3 is 0 Å². The van der Waals surface area contributed by atoms with Crippen LogP contribution in [0.1, 0.15) is 37.2 Å². The van der Waals surface area contributed by atoms with Crippen molar-refractivity contribution >= 4 is 33.8 Å². The van der Waals surface area contributed by atoms with Crippen LogP contribution in [-0.2, 0) is 14.4 Å². The van der Waals surface area contributed by atoms with Crippen LogP contribution in [0.3, 0.4) is 0 Å². The van der Waals surface area contributed by atoms with Crippen molar-refractivity contribution in [1.82, 2.24) is 0 Å². The molecule has 0 N–H and O–H groups in total. The highest BCUT2D eigenvalue weighted by Gasteiger charge is 2.21. The summed E-state index contributed by atoms with van der Waals surface area (Å²) < 4.78 is 5.71. The van der Waals surface area contributed by atoms with E-state index in [9.17, 15) is 29.7 Å². The van der Waals surface area contributed by atoms with Gasteiger partial charge in [0.2, 0.25) is 0 Å². The molecule has 0 saturated carbocycles. The summed E-state index contributed by atoms with van der Waals surface area (Å²) in [6, 6.07) is 4.96. The second kappa shape index (κ2) is 9.27. The minimum absolute atomic E-state index is 0.0156. The Bertz CT molecular complexity index is 598.